The Labute approximate surface area is 243 Å². The first-order chi connectivity index (χ1) is 20.0. The number of ether oxygens (including phenoxy) is 4. The summed E-state index contributed by atoms with van der Waals surface area (Å²) in [5.74, 6) is 1.34. The van der Waals surface area contributed by atoms with E-state index in [1.807, 2.05) is 39.0 Å². The molecule has 2 N–H and O–H groups in total. The molecule has 2 amide bonds. The van der Waals surface area contributed by atoms with Crippen molar-refractivity contribution in [3.8, 4) is 51.1 Å². The van der Waals surface area contributed by atoms with Gasteiger partial charge in [0.05, 0.1) is 38.3 Å². The van der Waals surface area contributed by atoms with E-state index < -0.39 is 11.4 Å². The summed E-state index contributed by atoms with van der Waals surface area (Å²) in [6.07, 6.45) is 3.03. The number of fused-ring (bicyclic) bond motifs is 3. The summed E-state index contributed by atoms with van der Waals surface area (Å²) < 4.78 is 24.7. The molecule has 0 saturated heterocycles. The summed E-state index contributed by atoms with van der Waals surface area (Å²) in [5.41, 5.74) is 9.47. The van der Waals surface area contributed by atoms with Gasteiger partial charge in [-0.15, -0.1) is 0 Å². The van der Waals surface area contributed by atoms with Crippen LogP contribution < -0.4 is 24.7 Å². The molecule has 0 aliphatic carbocycles. The third kappa shape index (κ3) is 4.98. The predicted octanol–water partition coefficient (Wildman–Crippen LogP) is 4.49. The first-order valence-electron chi connectivity index (χ1n) is 13.2. The normalized spacial score (nSPS) is 12.1. The number of rotatable bonds is 7. The van der Waals surface area contributed by atoms with E-state index in [0.29, 0.717) is 56.6 Å². The first-order valence-corrected chi connectivity index (χ1v) is 13.2. The van der Waals surface area contributed by atoms with Crippen LogP contribution in [0.3, 0.4) is 0 Å². The molecule has 0 atom stereocenters. The minimum Gasteiger partial charge on any atom is -0.497 e. The second-order valence-corrected chi connectivity index (χ2v) is 10.9. The molecule has 0 bridgehead atoms. The molecular formula is C31H33N5O6. The minimum absolute atomic E-state index is 0.115. The lowest BCUT2D eigenvalue weighted by Crippen LogP contribution is -2.43. The number of benzene rings is 2. The Balaban J connectivity index is 1.80. The van der Waals surface area contributed by atoms with Crippen molar-refractivity contribution in [3.63, 3.8) is 0 Å². The van der Waals surface area contributed by atoms with Gasteiger partial charge in [0.1, 0.15) is 29.6 Å². The van der Waals surface area contributed by atoms with Crippen LogP contribution in [0.5, 0.6) is 23.0 Å². The molecule has 11 nitrogen and oxygen atoms in total. The summed E-state index contributed by atoms with van der Waals surface area (Å²) in [6.45, 7) is 5.99. The summed E-state index contributed by atoms with van der Waals surface area (Å²) in [7, 11) is 6.44. The second kappa shape index (κ2) is 10.7. The monoisotopic (exact) mass is 571 g/mol. The number of hydrogen-bond acceptors (Lipinski definition) is 8. The Morgan fingerprint density at radius 2 is 1.64 bits per heavy atom. The fourth-order valence-corrected chi connectivity index (χ4v) is 4.73. The SMILES string of the molecule is COc1cc(OC)cc(-n2nc(C(=O)N(C)C(C)(C)C)c3c2-c2cc(-c4cncc(C(N)=O)c4)c(OC)cc2OC3)c1. The maximum Gasteiger partial charge on any atom is 0.274 e. The van der Waals surface area contributed by atoms with Gasteiger partial charge in [0.25, 0.3) is 5.91 Å². The van der Waals surface area contributed by atoms with Crippen LogP contribution in [-0.4, -0.2) is 65.4 Å². The lowest BCUT2D eigenvalue weighted by atomic mass is 9.95. The molecule has 1 aliphatic heterocycles. The van der Waals surface area contributed by atoms with E-state index in [2.05, 4.69) is 4.98 Å². The standard InChI is InChI=1S/C31H33N5O6/c1-31(2,3)35(4)30(38)27-24-16-42-26-13-25(41-7)22(17-8-18(29(32)37)15-33-14-17)12-23(26)28(24)36(34-27)19-9-20(39-5)11-21(10-19)40-6/h8-15H,16H2,1-7H3,(H2,32,37). The Hall–Kier alpha value is -5.06. The lowest BCUT2D eigenvalue weighted by Gasteiger charge is -2.31. The number of carbonyl (C=O) groups is 2. The topological polar surface area (TPSA) is 131 Å². The van der Waals surface area contributed by atoms with E-state index in [4.69, 9.17) is 29.8 Å². The number of hydrogen-bond donors (Lipinski definition) is 1. The van der Waals surface area contributed by atoms with Gasteiger partial charge >= 0.3 is 0 Å². The highest BCUT2D eigenvalue weighted by Gasteiger charge is 2.35. The second-order valence-electron chi connectivity index (χ2n) is 10.9. The van der Waals surface area contributed by atoms with Gasteiger partial charge in [-0.25, -0.2) is 4.68 Å². The lowest BCUT2D eigenvalue weighted by molar-refractivity contribution is 0.0646. The highest BCUT2D eigenvalue weighted by Crippen LogP contribution is 2.46. The van der Waals surface area contributed by atoms with Gasteiger partial charge in [-0.1, -0.05) is 0 Å². The molecule has 2 aromatic carbocycles. The van der Waals surface area contributed by atoms with Crippen molar-refractivity contribution < 1.29 is 28.5 Å². The van der Waals surface area contributed by atoms with Gasteiger partial charge < -0.3 is 29.6 Å². The quantitative estimate of drug-likeness (QED) is 0.343. The number of pyridine rings is 1. The van der Waals surface area contributed by atoms with Crippen LogP contribution in [0.15, 0.2) is 48.8 Å². The highest BCUT2D eigenvalue weighted by molar-refractivity contribution is 5.98. The smallest absolute Gasteiger partial charge is 0.274 e. The summed E-state index contributed by atoms with van der Waals surface area (Å²) in [5, 5.41) is 4.86. The van der Waals surface area contributed by atoms with Crippen LogP contribution >= 0.6 is 0 Å². The first kappa shape index (κ1) is 28.5. The largest absolute Gasteiger partial charge is 0.497 e. The number of aromatic nitrogens is 3. The van der Waals surface area contributed by atoms with Crippen LogP contribution in [0.2, 0.25) is 0 Å². The van der Waals surface area contributed by atoms with Crippen molar-refractivity contribution in [2.75, 3.05) is 28.4 Å². The molecule has 1 aliphatic rings. The van der Waals surface area contributed by atoms with Crippen molar-refractivity contribution in [3.05, 3.63) is 65.6 Å². The molecule has 0 radical (unpaired) electrons. The number of nitrogens with zero attached hydrogens (tertiary/aromatic N) is 4. The third-order valence-electron chi connectivity index (χ3n) is 7.34. The zero-order chi connectivity index (χ0) is 30.3. The van der Waals surface area contributed by atoms with Crippen molar-refractivity contribution in [1.82, 2.24) is 19.7 Å². The van der Waals surface area contributed by atoms with Crippen LogP contribution in [0.1, 0.15) is 47.2 Å². The van der Waals surface area contributed by atoms with Crippen LogP contribution in [-0.2, 0) is 6.61 Å². The van der Waals surface area contributed by atoms with Gasteiger partial charge in [-0.3, -0.25) is 14.6 Å². The summed E-state index contributed by atoms with van der Waals surface area (Å²) in [4.78, 5) is 31.6. The molecule has 0 saturated carbocycles. The fourth-order valence-electron chi connectivity index (χ4n) is 4.73. The molecular weight excluding hydrogens is 538 g/mol. The van der Waals surface area contributed by atoms with E-state index in [9.17, 15) is 9.59 Å². The van der Waals surface area contributed by atoms with Gasteiger partial charge in [0.2, 0.25) is 5.91 Å². The zero-order valence-electron chi connectivity index (χ0n) is 24.6. The third-order valence-corrected chi connectivity index (χ3v) is 7.34. The predicted molar refractivity (Wildman–Crippen MR) is 157 cm³/mol. The van der Waals surface area contributed by atoms with Gasteiger partial charge in [0.15, 0.2) is 5.69 Å². The van der Waals surface area contributed by atoms with E-state index in [1.54, 1.807) is 62.4 Å². The van der Waals surface area contributed by atoms with Crippen LogP contribution in [0.25, 0.3) is 28.1 Å². The molecule has 4 aromatic rings. The maximum absolute atomic E-state index is 13.8. The Morgan fingerprint density at radius 3 is 2.24 bits per heavy atom. The van der Waals surface area contributed by atoms with Crippen LogP contribution in [0, 0.1) is 0 Å². The molecule has 2 aromatic heterocycles. The molecule has 218 valence electrons. The Bertz CT molecular complexity index is 1680. The fraction of sp³-hybridized carbons (Fsp3) is 0.290. The van der Waals surface area contributed by atoms with Crippen molar-refractivity contribution in [1.29, 1.82) is 0 Å². The zero-order valence-corrected chi connectivity index (χ0v) is 24.6. The summed E-state index contributed by atoms with van der Waals surface area (Å²) in [6, 6.07) is 10.7. The molecule has 0 unspecified atom stereocenters. The Kier molecular flexibility index (Phi) is 7.27. The van der Waals surface area contributed by atoms with E-state index >= 15 is 0 Å². The number of nitrogens with two attached hydrogens (primary N) is 1. The molecule has 5 rings (SSSR count). The van der Waals surface area contributed by atoms with E-state index in [-0.39, 0.29) is 23.8 Å². The Morgan fingerprint density at radius 1 is 0.952 bits per heavy atom. The van der Waals surface area contributed by atoms with Crippen molar-refractivity contribution >= 4 is 11.8 Å². The van der Waals surface area contributed by atoms with Crippen molar-refractivity contribution in [2.24, 2.45) is 5.73 Å². The molecule has 3 heterocycles. The van der Waals surface area contributed by atoms with Gasteiger partial charge in [-0.05, 0) is 32.9 Å². The van der Waals surface area contributed by atoms with Crippen LogP contribution in [0.4, 0.5) is 0 Å². The number of primary amides is 1. The van der Waals surface area contributed by atoms with Gasteiger partial charge in [0, 0.05) is 71.5 Å². The molecule has 0 fully saturated rings. The number of amides is 2. The minimum atomic E-state index is -0.594. The van der Waals surface area contributed by atoms with E-state index in [0.717, 1.165) is 0 Å². The number of carbonyl (C=O) groups excluding carboxylic acids is 2. The summed E-state index contributed by atoms with van der Waals surface area (Å²) >= 11 is 0. The highest BCUT2D eigenvalue weighted by atomic mass is 16.5. The average Bonchev–Trinajstić information content (AvgIpc) is 3.39. The van der Waals surface area contributed by atoms with Gasteiger partial charge in [-0.2, -0.15) is 5.10 Å². The molecule has 42 heavy (non-hydrogen) atoms. The maximum atomic E-state index is 13.8. The molecule has 11 heteroatoms. The van der Waals surface area contributed by atoms with Crippen molar-refractivity contribution in [2.45, 2.75) is 32.9 Å². The van der Waals surface area contributed by atoms with E-state index in [1.165, 1.54) is 6.20 Å². The average molecular weight is 572 g/mol. The number of methoxy groups -OCH3 is 3. The molecule has 0 spiro atoms.